The van der Waals surface area contributed by atoms with E-state index in [2.05, 4.69) is 5.32 Å². The summed E-state index contributed by atoms with van der Waals surface area (Å²) < 4.78 is 0. The molecule has 0 radical (unpaired) electrons. The highest BCUT2D eigenvalue weighted by Crippen LogP contribution is 2.29. The minimum atomic E-state index is 0. The molecule has 2 rings (SSSR count). The molecular weight excluding hydrogens is 190 g/mol. The molecule has 0 amide bonds. The first-order chi connectivity index (χ1) is 5.75. The lowest BCUT2D eigenvalue weighted by Gasteiger charge is -2.28. The normalized spacial score (nSPS) is 20.2. The second-order valence-corrected chi connectivity index (χ2v) is 3.08. The summed E-state index contributed by atoms with van der Waals surface area (Å²) in [4.78, 5) is 0. The van der Waals surface area contributed by atoms with Gasteiger partial charge in [-0.3, -0.25) is 0 Å². The van der Waals surface area contributed by atoms with E-state index in [-0.39, 0.29) is 23.9 Å². The highest BCUT2D eigenvalue weighted by atomic mass is 35.5. The van der Waals surface area contributed by atoms with Crippen molar-refractivity contribution in [2.45, 2.75) is 12.5 Å². The molecule has 4 heteroatoms. The third-order valence-corrected chi connectivity index (χ3v) is 2.15. The molecule has 1 aliphatic rings. The Balaban J connectivity index is 0.000000845. The average molecular weight is 202 g/mol. The summed E-state index contributed by atoms with van der Waals surface area (Å²) in [6, 6.07) is 5.00. The fourth-order valence-corrected chi connectivity index (χ4v) is 1.39. The molecule has 0 spiro atoms. The molecule has 1 aromatic rings. The second-order valence-electron chi connectivity index (χ2n) is 3.08. The predicted octanol–water partition coefficient (Wildman–Crippen LogP) is 1.55. The third-order valence-electron chi connectivity index (χ3n) is 2.15. The van der Waals surface area contributed by atoms with Crippen LogP contribution in [0.15, 0.2) is 18.2 Å². The molecule has 0 aliphatic carbocycles. The maximum Gasteiger partial charge on any atom is 0.119 e. The molecule has 0 aromatic heterocycles. The summed E-state index contributed by atoms with van der Waals surface area (Å²) in [6.07, 6.45) is 1.07. The smallest absolute Gasteiger partial charge is 0.119 e. The van der Waals surface area contributed by atoms with E-state index in [4.69, 9.17) is 0 Å². The standard InChI is InChI=1S/C9H11NO2.ClH/c11-7-3-6(4-8(12)5-7)9-1-2-10-9;/h3-5,9-12H,1-2H2;1H/t9-;/m0./s1. The molecule has 13 heavy (non-hydrogen) atoms. The Kier molecular flexibility index (Phi) is 3.01. The van der Waals surface area contributed by atoms with Crippen LogP contribution in [0.4, 0.5) is 0 Å². The van der Waals surface area contributed by atoms with Crippen LogP contribution in [0.25, 0.3) is 0 Å². The number of benzene rings is 1. The van der Waals surface area contributed by atoms with Gasteiger partial charge in [-0.25, -0.2) is 0 Å². The molecule has 1 aliphatic heterocycles. The number of hydrogen-bond donors (Lipinski definition) is 3. The van der Waals surface area contributed by atoms with Crippen molar-refractivity contribution in [1.29, 1.82) is 0 Å². The Labute approximate surface area is 82.8 Å². The lowest BCUT2D eigenvalue weighted by molar-refractivity contribution is 0.377. The summed E-state index contributed by atoms with van der Waals surface area (Å²) in [6.45, 7) is 1.01. The van der Waals surface area contributed by atoms with Crippen LogP contribution in [0.1, 0.15) is 18.0 Å². The minimum Gasteiger partial charge on any atom is -0.508 e. The van der Waals surface area contributed by atoms with Gasteiger partial charge in [0.05, 0.1) is 0 Å². The van der Waals surface area contributed by atoms with Crippen LogP contribution >= 0.6 is 12.4 Å². The largest absolute Gasteiger partial charge is 0.508 e. The van der Waals surface area contributed by atoms with Crippen LogP contribution in [-0.4, -0.2) is 16.8 Å². The van der Waals surface area contributed by atoms with Gasteiger partial charge in [-0.05, 0) is 30.7 Å². The highest BCUT2D eigenvalue weighted by molar-refractivity contribution is 5.85. The number of aromatic hydroxyl groups is 2. The fraction of sp³-hybridized carbons (Fsp3) is 0.333. The first-order valence-electron chi connectivity index (χ1n) is 4.02. The van der Waals surface area contributed by atoms with Crippen molar-refractivity contribution < 1.29 is 10.2 Å². The number of phenolic OH excluding ortho intramolecular Hbond substituents is 2. The van der Waals surface area contributed by atoms with Gasteiger partial charge in [0, 0.05) is 12.1 Å². The lowest BCUT2D eigenvalue weighted by Crippen LogP contribution is -2.34. The summed E-state index contributed by atoms with van der Waals surface area (Å²) in [7, 11) is 0. The van der Waals surface area contributed by atoms with E-state index < -0.39 is 0 Å². The highest BCUT2D eigenvalue weighted by Gasteiger charge is 2.19. The SMILES string of the molecule is Cl.Oc1cc(O)cc([C@@H]2CCN2)c1. The summed E-state index contributed by atoms with van der Waals surface area (Å²) in [5.74, 6) is 0.248. The molecule has 1 heterocycles. The van der Waals surface area contributed by atoms with Crippen molar-refractivity contribution in [3.8, 4) is 11.5 Å². The van der Waals surface area contributed by atoms with Crippen molar-refractivity contribution >= 4 is 12.4 Å². The zero-order valence-electron chi connectivity index (χ0n) is 7.03. The Bertz CT molecular complexity index is 279. The molecule has 3 N–H and O–H groups in total. The molecule has 1 aromatic carbocycles. The average Bonchev–Trinajstić information content (AvgIpc) is 1.79. The van der Waals surface area contributed by atoms with Crippen molar-refractivity contribution in [2.24, 2.45) is 0 Å². The van der Waals surface area contributed by atoms with Crippen molar-refractivity contribution in [1.82, 2.24) is 5.32 Å². The zero-order chi connectivity index (χ0) is 8.55. The van der Waals surface area contributed by atoms with Crippen LogP contribution in [0, 0.1) is 0 Å². The maximum absolute atomic E-state index is 9.17. The van der Waals surface area contributed by atoms with E-state index in [9.17, 15) is 10.2 Å². The summed E-state index contributed by atoms with van der Waals surface area (Å²) in [5.41, 5.74) is 0.957. The number of hydrogen-bond acceptors (Lipinski definition) is 3. The molecule has 72 valence electrons. The van der Waals surface area contributed by atoms with Gasteiger partial charge in [-0.1, -0.05) is 0 Å². The van der Waals surface area contributed by atoms with E-state index in [0.717, 1.165) is 18.5 Å². The number of phenols is 2. The molecule has 0 unspecified atom stereocenters. The molecule has 1 saturated heterocycles. The summed E-state index contributed by atoms with van der Waals surface area (Å²) >= 11 is 0. The molecule has 3 nitrogen and oxygen atoms in total. The van der Waals surface area contributed by atoms with Crippen molar-refractivity contribution in [3.05, 3.63) is 23.8 Å². The molecule has 1 fully saturated rings. The van der Waals surface area contributed by atoms with Gasteiger partial charge in [0.25, 0.3) is 0 Å². The summed E-state index contributed by atoms with van der Waals surface area (Å²) in [5, 5.41) is 21.5. The van der Waals surface area contributed by atoms with Gasteiger partial charge in [-0.15, -0.1) is 12.4 Å². The first kappa shape index (κ1) is 10.2. The Hall–Kier alpha value is -0.930. The Morgan fingerprint density at radius 1 is 1.15 bits per heavy atom. The Morgan fingerprint density at radius 2 is 1.69 bits per heavy atom. The minimum absolute atomic E-state index is 0. The monoisotopic (exact) mass is 201 g/mol. The maximum atomic E-state index is 9.17. The number of rotatable bonds is 1. The van der Waals surface area contributed by atoms with E-state index in [1.165, 1.54) is 6.07 Å². The van der Waals surface area contributed by atoms with Crippen LogP contribution in [0.3, 0.4) is 0 Å². The first-order valence-corrected chi connectivity index (χ1v) is 4.02. The van der Waals surface area contributed by atoms with Crippen LogP contribution in [-0.2, 0) is 0 Å². The van der Waals surface area contributed by atoms with Crippen molar-refractivity contribution in [2.75, 3.05) is 6.54 Å². The van der Waals surface area contributed by atoms with E-state index in [0.29, 0.717) is 6.04 Å². The second kappa shape index (κ2) is 3.85. The van der Waals surface area contributed by atoms with E-state index >= 15 is 0 Å². The van der Waals surface area contributed by atoms with Gasteiger partial charge < -0.3 is 15.5 Å². The lowest BCUT2D eigenvalue weighted by atomic mass is 9.98. The third kappa shape index (κ3) is 2.05. The zero-order valence-corrected chi connectivity index (χ0v) is 7.84. The van der Waals surface area contributed by atoms with Gasteiger partial charge in [0.2, 0.25) is 0 Å². The van der Waals surface area contributed by atoms with Crippen LogP contribution < -0.4 is 5.32 Å². The number of halogens is 1. The van der Waals surface area contributed by atoms with Gasteiger partial charge >= 0.3 is 0 Å². The van der Waals surface area contributed by atoms with Crippen LogP contribution in [0.2, 0.25) is 0 Å². The number of nitrogens with one attached hydrogen (secondary N) is 1. The quantitative estimate of drug-likeness (QED) is 0.646. The predicted molar refractivity (Wildman–Crippen MR) is 52.4 cm³/mol. The fourth-order valence-electron chi connectivity index (χ4n) is 1.39. The van der Waals surface area contributed by atoms with Gasteiger partial charge in [-0.2, -0.15) is 0 Å². The van der Waals surface area contributed by atoms with E-state index in [1.54, 1.807) is 12.1 Å². The van der Waals surface area contributed by atoms with Gasteiger partial charge in [0.1, 0.15) is 11.5 Å². The molecule has 0 bridgehead atoms. The topological polar surface area (TPSA) is 52.5 Å². The molecular formula is C9H12ClNO2. The van der Waals surface area contributed by atoms with Gasteiger partial charge in [0.15, 0.2) is 0 Å². The van der Waals surface area contributed by atoms with Crippen LogP contribution in [0.5, 0.6) is 11.5 Å². The Morgan fingerprint density at radius 3 is 2.08 bits per heavy atom. The molecule has 0 saturated carbocycles. The van der Waals surface area contributed by atoms with Crippen molar-refractivity contribution in [3.63, 3.8) is 0 Å². The molecule has 1 atom stereocenters. The van der Waals surface area contributed by atoms with E-state index in [1.807, 2.05) is 0 Å².